The zero-order chi connectivity index (χ0) is 49.4. The summed E-state index contributed by atoms with van der Waals surface area (Å²) in [5, 5.41) is 9.69. The number of nitrogens with zero attached hydrogens (tertiary/aromatic N) is 7. The average Bonchev–Trinajstić information content (AvgIpc) is 3.84. The third-order valence-electron chi connectivity index (χ3n) is 14.0. The van der Waals surface area contributed by atoms with Crippen LogP contribution in [0.1, 0.15) is 63.0 Å². The lowest BCUT2D eigenvalue weighted by atomic mass is 9.89. The number of nitrogens with one attached hydrogen (secondary N) is 3. The molecule has 70 heavy (non-hydrogen) atoms. The Kier molecular flexibility index (Phi) is 14.4. The van der Waals surface area contributed by atoms with Gasteiger partial charge in [0, 0.05) is 117 Å². The van der Waals surface area contributed by atoms with E-state index >= 15 is 13.2 Å². The van der Waals surface area contributed by atoms with Gasteiger partial charge in [-0.1, -0.05) is 13.0 Å². The van der Waals surface area contributed by atoms with Crippen LogP contribution < -0.4 is 35.8 Å². The van der Waals surface area contributed by atoms with Gasteiger partial charge in [-0.2, -0.15) is 4.98 Å². The smallest absolute Gasteiger partial charge is 0.234 e. The normalized spacial score (nSPS) is 19.5. The highest BCUT2D eigenvalue weighted by Gasteiger charge is 2.37. The van der Waals surface area contributed by atoms with E-state index in [0.717, 1.165) is 56.7 Å². The number of piperazine rings is 1. The van der Waals surface area contributed by atoms with Gasteiger partial charge in [0.25, 0.3) is 0 Å². The summed E-state index contributed by atoms with van der Waals surface area (Å²) in [6.07, 6.45) is 6.44. The van der Waals surface area contributed by atoms with Crippen LogP contribution in [0.5, 0.6) is 5.75 Å². The maximum atomic E-state index is 15.3. The fourth-order valence-electron chi connectivity index (χ4n) is 10.5. The SMILES string of the molecule is CCOc1cc(N2CCC(N3CCN(C(=O)[C@@H]4CCN(c5cc(F)c(C6CCC(=O)NC6=O)c(F)c5)C4)CC3)CC2)c(CC)cc1Nc1ncc(Br)c(Nc2cc(F)c3ncccc3c2P(C)(C)=O)n1. The predicted molar refractivity (Wildman–Crippen MR) is 269 cm³/mol. The molecule has 15 nitrogen and oxygen atoms in total. The Bertz CT molecular complexity index is 2870. The largest absolute Gasteiger partial charge is 0.492 e. The van der Waals surface area contributed by atoms with Crippen molar-refractivity contribution >= 4 is 91.5 Å². The van der Waals surface area contributed by atoms with Gasteiger partial charge in [-0.15, -0.1) is 0 Å². The lowest BCUT2D eigenvalue weighted by Crippen LogP contribution is -2.55. The fraction of sp³-hybridized carbons (Fsp3) is 0.440. The van der Waals surface area contributed by atoms with E-state index in [1.807, 2.05) is 16.7 Å². The molecule has 4 saturated heterocycles. The Morgan fingerprint density at radius 1 is 0.886 bits per heavy atom. The number of rotatable bonds is 13. The van der Waals surface area contributed by atoms with Crippen LogP contribution in [0.3, 0.4) is 0 Å². The number of aromatic nitrogens is 3. The number of fused-ring (bicyclic) bond motifs is 1. The van der Waals surface area contributed by atoms with E-state index in [4.69, 9.17) is 9.72 Å². The Hall–Kier alpha value is -5.78. The van der Waals surface area contributed by atoms with Crippen LogP contribution >= 0.6 is 23.1 Å². The van der Waals surface area contributed by atoms with Crippen molar-refractivity contribution < 1.29 is 36.9 Å². The molecule has 5 aromatic rings. The molecule has 20 heteroatoms. The maximum absolute atomic E-state index is 15.3. The molecule has 6 heterocycles. The minimum atomic E-state index is -2.92. The van der Waals surface area contributed by atoms with Crippen molar-refractivity contribution in [1.29, 1.82) is 0 Å². The molecule has 3 aromatic carbocycles. The first-order chi connectivity index (χ1) is 33.6. The molecule has 4 aliphatic heterocycles. The summed E-state index contributed by atoms with van der Waals surface area (Å²) < 4.78 is 66.3. The number of carbonyl (C=O) groups is 3. The van der Waals surface area contributed by atoms with Crippen molar-refractivity contribution in [2.45, 2.75) is 64.3 Å². The Morgan fingerprint density at radius 3 is 2.30 bits per heavy atom. The topological polar surface area (TPSA) is 165 Å². The van der Waals surface area contributed by atoms with Crippen LogP contribution in [-0.4, -0.2) is 121 Å². The maximum Gasteiger partial charge on any atom is 0.234 e. The van der Waals surface area contributed by atoms with Gasteiger partial charge in [-0.05, 0) is 98.1 Å². The first kappa shape index (κ1) is 49.2. The average molecular weight is 1050 g/mol. The van der Waals surface area contributed by atoms with Crippen molar-refractivity contribution in [1.82, 2.24) is 30.1 Å². The monoisotopic (exact) mass is 1040 g/mol. The molecule has 2 atom stereocenters. The van der Waals surface area contributed by atoms with Gasteiger partial charge in [0.2, 0.25) is 23.7 Å². The molecule has 0 aliphatic carbocycles. The summed E-state index contributed by atoms with van der Waals surface area (Å²) in [5.74, 6) is -3.36. The number of piperidine rings is 2. The summed E-state index contributed by atoms with van der Waals surface area (Å²) in [6, 6.07) is 11.7. The first-order valence-electron chi connectivity index (χ1n) is 23.9. The highest BCUT2D eigenvalue weighted by atomic mass is 79.9. The van der Waals surface area contributed by atoms with Crippen LogP contribution in [0, 0.1) is 23.4 Å². The van der Waals surface area contributed by atoms with Crippen LogP contribution in [0.4, 0.5) is 47.7 Å². The lowest BCUT2D eigenvalue weighted by molar-refractivity contribution is -0.137. The van der Waals surface area contributed by atoms with Crippen molar-refractivity contribution in [3.05, 3.63) is 87.9 Å². The van der Waals surface area contributed by atoms with Gasteiger partial charge in [-0.25, -0.2) is 18.2 Å². The number of amides is 3. The molecule has 4 fully saturated rings. The molecule has 2 aromatic heterocycles. The first-order valence-corrected chi connectivity index (χ1v) is 27.3. The van der Waals surface area contributed by atoms with Crippen LogP contribution in [0.2, 0.25) is 0 Å². The van der Waals surface area contributed by atoms with Crippen LogP contribution in [0.25, 0.3) is 10.9 Å². The predicted octanol–water partition coefficient (Wildman–Crippen LogP) is 8.06. The minimum absolute atomic E-state index is 0.0204. The number of aryl methyl sites for hydroxylation is 1. The Labute approximate surface area is 413 Å². The minimum Gasteiger partial charge on any atom is -0.492 e. The summed E-state index contributed by atoms with van der Waals surface area (Å²) in [4.78, 5) is 59.8. The zero-order valence-electron chi connectivity index (χ0n) is 39.7. The number of ether oxygens (including phenoxy) is 1. The molecule has 370 valence electrons. The highest BCUT2D eigenvalue weighted by Crippen LogP contribution is 2.43. The molecular weight excluding hydrogens is 988 g/mol. The number of hydrogen-bond donors (Lipinski definition) is 3. The summed E-state index contributed by atoms with van der Waals surface area (Å²) in [5.41, 5.74) is 3.42. The van der Waals surface area contributed by atoms with E-state index in [1.54, 1.807) is 31.7 Å². The van der Waals surface area contributed by atoms with Gasteiger partial charge < -0.3 is 34.6 Å². The second kappa shape index (κ2) is 20.5. The van der Waals surface area contributed by atoms with E-state index in [9.17, 15) is 18.9 Å². The standard InChI is InChI=1S/C50H57BrF3N10O5P/c1-5-29-22-39(58-50-56-27-35(51)47(60-50)57-40-25-38(54)45-34(8-7-14-55-45)46(40)70(3,4)68)42(69-6-2)26-41(29)62-16-12-31(13-17-62)61-18-20-63(21-19-61)49(67)30-11-15-64(28-30)32-23-36(52)44(37(53)24-32)33-9-10-43(65)59-48(33)66/h7-8,14,22-27,30-31,33H,5-6,9-13,15-21,28H2,1-4H3,(H,59,65,66)(H2,56,57,58,60)/t30-,33?/m1/s1. The molecule has 9 rings (SSSR count). The lowest BCUT2D eigenvalue weighted by Gasteiger charge is -2.44. The number of carbonyl (C=O) groups excluding carboxylic acids is 3. The van der Waals surface area contributed by atoms with Crippen molar-refractivity contribution in [3.8, 4) is 5.75 Å². The molecular formula is C50H57BrF3N10O5P. The highest BCUT2D eigenvalue weighted by molar-refractivity contribution is 9.10. The van der Waals surface area contributed by atoms with Gasteiger partial charge in [0.05, 0.1) is 34.3 Å². The number of benzene rings is 3. The van der Waals surface area contributed by atoms with Gasteiger partial charge in [0.15, 0.2) is 5.82 Å². The Balaban J connectivity index is 0.808. The molecule has 1 unspecified atom stereocenters. The summed E-state index contributed by atoms with van der Waals surface area (Å²) in [6.45, 7) is 13.1. The zero-order valence-corrected chi connectivity index (χ0v) is 42.1. The molecule has 0 radical (unpaired) electrons. The number of hydrogen-bond acceptors (Lipinski definition) is 13. The molecule has 3 amide bonds. The number of imide groups is 1. The third-order valence-corrected chi connectivity index (χ3v) is 16.1. The van der Waals surface area contributed by atoms with Crippen molar-refractivity contribution in [2.24, 2.45) is 5.92 Å². The van der Waals surface area contributed by atoms with Crippen molar-refractivity contribution in [3.63, 3.8) is 0 Å². The number of pyridine rings is 1. The van der Waals surface area contributed by atoms with Crippen molar-refractivity contribution in [2.75, 3.05) is 92.7 Å². The molecule has 3 N–H and O–H groups in total. The molecule has 4 aliphatic rings. The summed E-state index contributed by atoms with van der Waals surface area (Å²) >= 11 is 3.54. The van der Waals surface area contributed by atoms with Gasteiger partial charge in [0.1, 0.15) is 35.9 Å². The fourth-order valence-corrected chi connectivity index (χ4v) is 12.2. The third kappa shape index (κ3) is 10.2. The van der Waals surface area contributed by atoms with E-state index in [1.165, 1.54) is 24.4 Å². The van der Waals surface area contributed by atoms with E-state index in [2.05, 4.69) is 70.7 Å². The van der Waals surface area contributed by atoms with Gasteiger partial charge >= 0.3 is 0 Å². The summed E-state index contributed by atoms with van der Waals surface area (Å²) in [7, 11) is -2.92. The molecule has 0 saturated carbocycles. The van der Waals surface area contributed by atoms with E-state index < -0.39 is 42.3 Å². The van der Waals surface area contributed by atoms with E-state index in [0.29, 0.717) is 89.0 Å². The van der Waals surface area contributed by atoms with Crippen LogP contribution in [-0.2, 0) is 25.4 Å². The number of halogens is 4. The second-order valence-corrected chi connectivity index (χ2v) is 22.7. The van der Waals surface area contributed by atoms with Gasteiger partial charge in [-0.3, -0.25) is 29.6 Å². The van der Waals surface area contributed by atoms with Crippen LogP contribution in [0.15, 0.2) is 59.3 Å². The number of anilines is 6. The Morgan fingerprint density at radius 2 is 1.61 bits per heavy atom. The van der Waals surface area contributed by atoms with E-state index in [-0.39, 0.29) is 41.7 Å². The molecule has 0 bridgehead atoms. The molecule has 0 spiro atoms. The quantitative estimate of drug-likeness (QED) is 0.0767. The second-order valence-electron chi connectivity index (χ2n) is 18.7.